The van der Waals surface area contributed by atoms with Crippen LogP contribution in [0.1, 0.15) is 63.0 Å². The Morgan fingerprint density at radius 2 is 1.32 bits per heavy atom. The van der Waals surface area contributed by atoms with Gasteiger partial charge in [0.15, 0.2) is 5.65 Å². The molecule has 2 aromatic heterocycles. The number of aromatic nitrogens is 3. The molecule has 0 unspecified atom stereocenters. The maximum absolute atomic E-state index is 12.4. The molecule has 1 fully saturated rings. The molecule has 1 aliphatic heterocycles. The van der Waals surface area contributed by atoms with E-state index < -0.39 is 29.3 Å². The van der Waals surface area contributed by atoms with Gasteiger partial charge in [-0.1, -0.05) is 60.7 Å². The molecule has 1 saturated heterocycles. The molecule has 5 N–H and O–H groups in total. The third-order valence-corrected chi connectivity index (χ3v) is 8.51. The zero-order chi connectivity index (χ0) is 41.8. The molecule has 0 spiro atoms. The number of carboxylic acids is 4. The first-order valence-corrected chi connectivity index (χ1v) is 18.2. The van der Waals surface area contributed by atoms with E-state index in [-0.39, 0.29) is 18.2 Å². The topological polar surface area (TPSA) is 230 Å². The summed E-state index contributed by atoms with van der Waals surface area (Å²) in [5.41, 5.74) is 2.92. The van der Waals surface area contributed by atoms with E-state index in [9.17, 15) is 24.0 Å². The Balaban J connectivity index is 0.000000457. The van der Waals surface area contributed by atoms with Gasteiger partial charge in [-0.2, -0.15) is 0 Å². The summed E-state index contributed by atoms with van der Waals surface area (Å²) in [6, 6.07) is 24.9. The molecule has 0 saturated carbocycles. The van der Waals surface area contributed by atoms with Gasteiger partial charge < -0.3 is 40.1 Å². The van der Waals surface area contributed by atoms with E-state index in [4.69, 9.17) is 29.9 Å². The van der Waals surface area contributed by atoms with Gasteiger partial charge in [-0.3, -0.25) is 4.79 Å². The molecule has 0 atom stereocenters. The molecular formula is C41H49N5O11. The Labute approximate surface area is 330 Å². The number of ether oxygens (including phenoxy) is 2. The van der Waals surface area contributed by atoms with Crippen molar-refractivity contribution in [2.75, 3.05) is 38.1 Å². The molecule has 0 bridgehead atoms. The number of hydrogen-bond acceptors (Lipinski definition) is 11. The van der Waals surface area contributed by atoms with Crippen molar-refractivity contribution in [2.24, 2.45) is 0 Å². The first-order chi connectivity index (χ1) is 27.2. The Bertz CT molecular complexity index is 1870. The van der Waals surface area contributed by atoms with Crippen LogP contribution in [0.3, 0.4) is 0 Å². The third-order valence-electron chi connectivity index (χ3n) is 8.51. The number of imidazole rings is 1. The van der Waals surface area contributed by atoms with Crippen LogP contribution in [0.15, 0.2) is 103 Å². The summed E-state index contributed by atoms with van der Waals surface area (Å²) in [4.78, 5) is 57.7. The van der Waals surface area contributed by atoms with Gasteiger partial charge in [-0.05, 0) is 69.8 Å². The van der Waals surface area contributed by atoms with Gasteiger partial charge in [-0.25, -0.2) is 28.7 Å². The Morgan fingerprint density at radius 1 is 0.807 bits per heavy atom. The summed E-state index contributed by atoms with van der Waals surface area (Å²) in [6.45, 7) is 9.75. The lowest BCUT2D eigenvalue weighted by atomic mass is 9.90. The van der Waals surface area contributed by atoms with Crippen LogP contribution in [-0.2, 0) is 38.9 Å². The second-order valence-electron chi connectivity index (χ2n) is 13.2. The Morgan fingerprint density at radius 3 is 1.79 bits per heavy atom. The molecule has 0 aliphatic carbocycles. The van der Waals surface area contributed by atoms with E-state index in [1.165, 1.54) is 11.1 Å². The molecule has 5 rings (SSSR count). The zero-order valence-corrected chi connectivity index (χ0v) is 32.1. The summed E-state index contributed by atoms with van der Waals surface area (Å²) >= 11 is 0. The maximum atomic E-state index is 12.4. The average molecular weight is 788 g/mol. The van der Waals surface area contributed by atoms with E-state index in [0.717, 1.165) is 51.3 Å². The van der Waals surface area contributed by atoms with Crippen LogP contribution in [0.4, 0.5) is 5.82 Å². The fraction of sp³-hybridized carbons (Fsp3) is 0.341. The minimum absolute atomic E-state index is 0.0363. The van der Waals surface area contributed by atoms with Gasteiger partial charge in [0, 0.05) is 43.9 Å². The van der Waals surface area contributed by atoms with Crippen molar-refractivity contribution in [1.29, 1.82) is 0 Å². The number of aliphatic carboxylic acids is 4. The van der Waals surface area contributed by atoms with Gasteiger partial charge in [0.2, 0.25) is 0 Å². The van der Waals surface area contributed by atoms with Crippen LogP contribution >= 0.6 is 0 Å². The monoisotopic (exact) mass is 787 g/mol. The van der Waals surface area contributed by atoms with Crippen molar-refractivity contribution in [1.82, 2.24) is 19.5 Å². The van der Waals surface area contributed by atoms with Gasteiger partial charge >= 0.3 is 29.8 Å². The highest BCUT2D eigenvalue weighted by atomic mass is 16.5. The lowest BCUT2D eigenvalue weighted by Gasteiger charge is -2.34. The van der Waals surface area contributed by atoms with Crippen LogP contribution in [-0.4, -0.2) is 109 Å². The van der Waals surface area contributed by atoms with Gasteiger partial charge in [0.1, 0.15) is 17.3 Å². The second-order valence-corrected chi connectivity index (χ2v) is 13.2. The number of anilines is 1. The molecule has 304 valence electrons. The normalized spacial score (nSPS) is 13.4. The van der Waals surface area contributed by atoms with E-state index in [1.807, 2.05) is 39.1 Å². The zero-order valence-electron chi connectivity index (χ0n) is 32.1. The van der Waals surface area contributed by atoms with Crippen LogP contribution in [0.2, 0.25) is 0 Å². The fourth-order valence-electron chi connectivity index (χ4n) is 5.56. The number of fused-ring (bicyclic) bond motifs is 1. The molecule has 57 heavy (non-hydrogen) atoms. The molecule has 16 heteroatoms. The molecular weight excluding hydrogens is 738 g/mol. The highest BCUT2D eigenvalue weighted by molar-refractivity contribution is 5.90. The molecule has 16 nitrogen and oxygen atoms in total. The van der Waals surface area contributed by atoms with Crippen molar-refractivity contribution >= 4 is 41.3 Å². The number of esters is 1. The molecule has 3 heterocycles. The average Bonchev–Trinajstić information content (AvgIpc) is 3.63. The van der Waals surface area contributed by atoms with Crippen molar-refractivity contribution in [2.45, 2.75) is 57.7 Å². The number of nitrogens with one attached hydrogen (secondary N) is 1. The third kappa shape index (κ3) is 15.7. The number of carboxylic acid groups (broad SMARTS) is 4. The Hall–Kier alpha value is -6.39. The highest BCUT2D eigenvalue weighted by Crippen LogP contribution is 2.30. The number of likely N-dealkylation sites (tertiary alicyclic amines) is 1. The van der Waals surface area contributed by atoms with Gasteiger partial charge in [0.25, 0.3) is 0 Å². The number of benzene rings is 2. The standard InChI is InChI=1S/C33H41N5O3.2C4H4O4/c1-4-40-32(39)33(2,3)28-24-38-30(35-28)17-16-29(36-38)34-20-11-21-37-22-18-27(19-23-37)41-31(25-12-7-5-8-13-25)26-14-9-6-10-15-26;2*5-3(6)1-2-4(7)8/h5-10,12-17,24,27,31H,4,11,18-23H2,1-3H3,(H,34,36);2*1-2H,(H,5,6)(H,7,8). The summed E-state index contributed by atoms with van der Waals surface area (Å²) in [7, 11) is 0. The lowest BCUT2D eigenvalue weighted by Crippen LogP contribution is -2.38. The number of nitrogens with zero attached hydrogens (tertiary/aromatic N) is 4. The summed E-state index contributed by atoms with van der Waals surface area (Å²) in [5, 5.41) is 39.3. The first-order valence-electron chi connectivity index (χ1n) is 18.2. The predicted molar refractivity (Wildman–Crippen MR) is 210 cm³/mol. The number of piperidine rings is 1. The minimum atomic E-state index is -1.26. The largest absolute Gasteiger partial charge is 0.478 e. The highest BCUT2D eigenvalue weighted by Gasteiger charge is 2.34. The number of carbonyl (C=O) groups is 5. The van der Waals surface area contributed by atoms with Crippen molar-refractivity contribution < 1.29 is 53.9 Å². The van der Waals surface area contributed by atoms with Crippen LogP contribution in [0.5, 0.6) is 0 Å². The van der Waals surface area contributed by atoms with Crippen molar-refractivity contribution in [3.8, 4) is 0 Å². The fourth-order valence-corrected chi connectivity index (χ4v) is 5.56. The molecule has 0 radical (unpaired) electrons. The van der Waals surface area contributed by atoms with E-state index in [2.05, 4.69) is 81.0 Å². The summed E-state index contributed by atoms with van der Waals surface area (Å²) < 4.78 is 13.6. The second kappa shape index (κ2) is 22.9. The van der Waals surface area contributed by atoms with Crippen molar-refractivity contribution in [3.63, 3.8) is 0 Å². The lowest BCUT2D eigenvalue weighted by molar-refractivity contribution is -0.149. The number of rotatable bonds is 16. The number of hydrogen-bond donors (Lipinski definition) is 5. The SMILES string of the molecule is CCOC(=O)C(C)(C)c1cn2nc(NCCCN3CCC(OC(c4ccccc4)c4ccccc4)CC3)ccc2n1.O=C(O)C=CC(=O)O.O=C(O)C=CC(=O)O. The van der Waals surface area contributed by atoms with Crippen LogP contribution < -0.4 is 5.32 Å². The van der Waals surface area contributed by atoms with E-state index >= 15 is 0 Å². The Kier molecular flexibility index (Phi) is 18.0. The molecule has 4 aromatic rings. The van der Waals surface area contributed by atoms with E-state index in [1.54, 1.807) is 4.52 Å². The van der Waals surface area contributed by atoms with Gasteiger partial charge in [0.05, 0.1) is 24.6 Å². The van der Waals surface area contributed by atoms with Crippen LogP contribution in [0, 0.1) is 0 Å². The number of carbonyl (C=O) groups excluding carboxylic acids is 1. The molecule has 2 aromatic carbocycles. The minimum Gasteiger partial charge on any atom is -0.478 e. The first kappa shape index (κ1) is 45.0. The molecule has 0 amide bonds. The van der Waals surface area contributed by atoms with Crippen LogP contribution in [0.25, 0.3) is 5.65 Å². The predicted octanol–water partition coefficient (Wildman–Crippen LogP) is 5.07. The molecule has 1 aliphatic rings. The van der Waals surface area contributed by atoms with Gasteiger partial charge in [-0.15, -0.1) is 5.10 Å². The maximum Gasteiger partial charge on any atom is 0.328 e. The van der Waals surface area contributed by atoms with Crippen molar-refractivity contribution in [3.05, 3.63) is 120 Å². The van der Waals surface area contributed by atoms with E-state index in [0.29, 0.717) is 42.3 Å². The smallest absolute Gasteiger partial charge is 0.328 e. The quantitative estimate of drug-likeness (QED) is 0.0567. The summed E-state index contributed by atoms with van der Waals surface area (Å²) in [5.74, 6) is -4.53. The summed E-state index contributed by atoms with van der Waals surface area (Å²) in [6.07, 6.45) is 7.34.